The molecule has 0 fully saturated rings. The number of Topliss-reactive ketones (excluding diaryl/α,β-unsaturated/α-hetero) is 1. The molecule has 0 N–H and O–H groups in total. The first-order valence-electron chi connectivity index (χ1n) is 8.83. The Bertz CT molecular complexity index is 1150. The smallest absolute Gasteiger partial charge is 0.231 e. The van der Waals surface area contributed by atoms with Crippen molar-refractivity contribution in [2.75, 3.05) is 0 Å². The van der Waals surface area contributed by atoms with E-state index in [4.69, 9.17) is 44.3 Å². The number of rotatable bonds is 4. The van der Waals surface area contributed by atoms with E-state index in [2.05, 4.69) is 0 Å². The van der Waals surface area contributed by atoms with Crippen LogP contribution in [0.2, 0.25) is 15.1 Å². The van der Waals surface area contributed by atoms with Gasteiger partial charge in [0.25, 0.3) is 0 Å². The van der Waals surface area contributed by atoms with Gasteiger partial charge in [0.1, 0.15) is 18.1 Å². The Hall–Kier alpha value is -2.46. The molecule has 3 aromatic rings. The normalized spacial score (nSPS) is 14.1. The van der Waals surface area contributed by atoms with Crippen LogP contribution >= 0.6 is 34.8 Å². The van der Waals surface area contributed by atoms with Crippen LogP contribution in [0.5, 0.6) is 11.5 Å². The van der Waals surface area contributed by atoms with Crippen LogP contribution in [0, 0.1) is 6.92 Å². The summed E-state index contributed by atoms with van der Waals surface area (Å²) in [7, 11) is 0. The Morgan fingerprint density at radius 1 is 1.00 bits per heavy atom. The molecule has 0 radical (unpaired) electrons. The number of fused-ring (bicyclic) bond motifs is 1. The van der Waals surface area contributed by atoms with E-state index in [0.717, 1.165) is 11.1 Å². The highest BCUT2D eigenvalue weighted by atomic mass is 35.5. The van der Waals surface area contributed by atoms with Crippen molar-refractivity contribution in [2.45, 2.75) is 13.5 Å². The van der Waals surface area contributed by atoms with E-state index < -0.39 is 0 Å². The second kappa shape index (κ2) is 8.11. The van der Waals surface area contributed by atoms with Gasteiger partial charge in [-0.05, 0) is 48.9 Å². The topological polar surface area (TPSA) is 35.5 Å². The molecule has 0 amide bonds. The number of carbonyl (C=O) groups excluding carboxylic acids is 1. The summed E-state index contributed by atoms with van der Waals surface area (Å²) < 4.78 is 11.8. The molecule has 6 heteroatoms. The zero-order chi connectivity index (χ0) is 20.5. The Morgan fingerprint density at radius 3 is 2.55 bits per heavy atom. The molecule has 1 aliphatic rings. The molecule has 1 aliphatic heterocycles. The van der Waals surface area contributed by atoms with E-state index in [0.29, 0.717) is 44.3 Å². The first-order chi connectivity index (χ1) is 13.9. The van der Waals surface area contributed by atoms with Crippen LogP contribution in [0.1, 0.15) is 27.0 Å². The lowest BCUT2D eigenvalue weighted by Crippen LogP contribution is -1.99. The highest BCUT2D eigenvalue weighted by molar-refractivity contribution is 6.35. The van der Waals surface area contributed by atoms with E-state index in [1.807, 2.05) is 31.2 Å². The molecule has 3 nitrogen and oxygen atoms in total. The number of hydrogen-bond donors (Lipinski definition) is 0. The molecule has 1 heterocycles. The van der Waals surface area contributed by atoms with Gasteiger partial charge in [0.2, 0.25) is 5.78 Å². The van der Waals surface area contributed by atoms with E-state index >= 15 is 0 Å². The lowest BCUT2D eigenvalue weighted by atomic mass is 10.1. The third kappa shape index (κ3) is 3.99. The predicted molar refractivity (Wildman–Crippen MR) is 116 cm³/mol. The SMILES string of the molecule is Cc1c(OCc2ccccc2Cl)ccc2c1O/C(=C\c1ccc(Cl)cc1Cl)C2=O. The molecule has 0 saturated heterocycles. The van der Waals surface area contributed by atoms with Crippen LogP contribution in [0.25, 0.3) is 6.08 Å². The summed E-state index contributed by atoms with van der Waals surface area (Å²) in [5.41, 5.74) is 2.77. The summed E-state index contributed by atoms with van der Waals surface area (Å²) >= 11 is 18.3. The van der Waals surface area contributed by atoms with Crippen LogP contribution in [0.3, 0.4) is 0 Å². The van der Waals surface area contributed by atoms with Gasteiger partial charge in [-0.15, -0.1) is 0 Å². The van der Waals surface area contributed by atoms with Gasteiger partial charge < -0.3 is 9.47 Å². The van der Waals surface area contributed by atoms with Crippen LogP contribution in [0.15, 0.2) is 60.4 Å². The van der Waals surface area contributed by atoms with Crippen LogP contribution in [-0.4, -0.2) is 5.78 Å². The van der Waals surface area contributed by atoms with Crippen LogP contribution < -0.4 is 9.47 Å². The van der Waals surface area contributed by atoms with E-state index in [1.54, 1.807) is 36.4 Å². The summed E-state index contributed by atoms with van der Waals surface area (Å²) in [6.45, 7) is 2.17. The van der Waals surface area contributed by atoms with Gasteiger partial charge in [-0.3, -0.25) is 4.79 Å². The van der Waals surface area contributed by atoms with Gasteiger partial charge in [0.05, 0.1) is 5.56 Å². The number of allylic oxidation sites excluding steroid dienone is 1. The second-order valence-electron chi connectivity index (χ2n) is 6.55. The number of ether oxygens (including phenoxy) is 2. The maximum Gasteiger partial charge on any atom is 0.231 e. The first-order valence-corrected chi connectivity index (χ1v) is 9.96. The number of benzene rings is 3. The fourth-order valence-corrected chi connectivity index (χ4v) is 3.71. The minimum Gasteiger partial charge on any atom is -0.488 e. The lowest BCUT2D eigenvalue weighted by molar-refractivity contribution is 0.101. The Labute approximate surface area is 183 Å². The number of carbonyl (C=O) groups is 1. The molecule has 0 aromatic heterocycles. The predicted octanol–water partition coefficient (Wildman–Crippen LogP) is 7.15. The van der Waals surface area contributed by atoms with Gasteiger partial charge in [0, 0.05) is 26.2 Å². The van der Waals surface area contributed by atoms with E-state index in [9.17, 15) is 4.79 Å². The Balaban J connectivity index is 1.60. The van der Waals surface area contributed by atoms with Crippen LogP contribution in [0.4, 0.5) is 0 Å². The molecule has 29 heavy (non-hydrogen) atoms. The molecule has 3 aromatic carbocycles. The summed E-state index contributed by atoms with van der Waals surface area (Å²) in [6, 6.07) is 16.0. The molecule has 0 bridgehead atoms. The zero-order valence-corrected chi connectivity index (χ0v) is 17.6. The standard InChI is InChI=1S/C23H15Cl3O3/c1-13-20(28-12-15-4-2-3-5-18(15)25)9-8-17-22(27)21(29-23(13)17)10-14-6-7-16(24)11-19(14)26/h2-11H,12H2,1H3/b21-10-. The van der Waals surface area contributed by atoms with E-state index in [1.165, 1.54) is 0 Å². The molecule has 0 atom stereocenters. The molecule has 4 rings (SSSR count). The summed E-state index contributed by atoms with van der Waals surface area (Å²) in [5, 5.41) is 1.61. The summed E-state index contributed by atoms with van der Waals surface area (Å²) in [4.78, 5) is 12.7. The number of ketones is 1. The van der Waals surface area contributed by atoms with E-state index in [-0.39, 0.29) is 11.5 Å². The third-order valence-electron chi connectivity index (χ3n) is 4.63. The maximum absolute atomic E-state index is 12.7. The Morgan fingerprint density at radius 2 is 1.79 bits per heavy atom. The van der Waals surface area contributed by atoms with Crippen molar-refractivity contribution in [2.24, 2.45) is 0 Å². The van der Waals surface area contributed by atoms with Crippen molar-refractivity contribution >= 4 is 46.7 Å². The zero-order valence-electron chi connectivity index (χ0n) is 15.3. The van der Waals surface area contributed by atoms with Crippen LogP contribution in [-0.2, 0) is 6.61 Å². The van der Waals surface area contributed by atoms with Gasteiger partial charge in [-0.1, -0.05) is 59.1 Å². The second-order valence-corrected chi connectivity index (χ2v) is 7.80. The van der Waals surface area contributed by atoms with Gasteiger partial charge in [-0.25, -0.2) is 0 Å². The quantitative estimate of drug-likeness (QED) is 0.400. The van der Waals surface area contributed by atoms with Crippen molar-refractivity contribution in [1.82, 2.24) is 0 Å². The van der Waals surface area contributed by atoms with Crippen molar-refractivity contribution in [1.29, 1.82) is 0 Å². The molecular weight excluding hydrogens is 431 g/mol. The third-order valence-corrected chi connectivity index (χ3v) is 5.56. The minimum atomic E-state index is -0.202. The highest BCUT2D eigenvalue weighted by Gasteiger charge is 2.30. The highest BCUT2D eigenvalue weighted by Crippen LogP contribution is 2.40. The van der Waals surface area contributed by atoms with Gasteiger partial charge in [-0.2, -0.15) is 0 Å². The average Bonchev–Trinajstić information content (AvgIpc) is 3.01. The number of halogens is 3. The first kappa shape index (κ1) is 19.8. The molecule has 146 valence electrons. The fraction of sp³-hybridized carbons (Fsp3) is 0.0870. The van der Waals surface area contributed by atoms with Gasteiger partial charge in [0.15, 0.2) is 5.76 Å². The molecular formula is C23H15Cl3O3. The lowest BCUT2D eigenvalue weighted by Gasteiger charge is -2.12. The van der Waals surface area contributed by atoms with Crippen molar-refractivity contribution in [3.63, 3.8) is 0 Å². The minimum absolute atomic E-state index is 0.202. The maximum atomic E-state index is 12.7. The summed E-state index contributed by atoms with van der Waals surface area (Å²) in [5.74, 6) is 1.12. The molecule has 0 spiro atoms. The monoisotopic (exact) mass is 444 g/mol. The van der Waals surface area contributed by atoms with Crippen molar-refractivity contribution in [3.8, 4) is 11.5 Å². The molecule has 0 unspecified atom stereocenters. The Kier molecular flexibility index (Phi) is 5.55. The summed E-state index contributed by atoms with van der Waals surface area (Å²) in [6.07, 6.45) is 1.62. The fourth-order valence-electron chi connectivity index (χ4n) is 3.06. The largest absolute Gasteiger partial charge is 0.488 e. The molecule has 0 saturated carbocycles. The van der Waals surface area contributed by atoms with Crippen molar-refractivity contribution < 1.29 is 14.3 Å². The number of hydrogen-bond acceptors (Lipinski definition) is 3. The van der Waals surface area contributed by atoms with Gasteiger partial charge >= 0.3 is 0 Å². The van der Waals surface area contributed by atoms with Crippen molar-refractivity contribution in [3.05, 3.63) is 97.7 Å². The average molecular weight is 446 g/mol. The molecule has 0 aliphatic carbocycles.